The van der Waals surface area contributed by atoms with Crippen LogP contribution in [-0.2, 0) is 9.59 Å². The second kappa shape index (κ2) is 6.24. The van der Waals surface area contributed by atoms with E-state index in [1.165, 1.54) is 0 Å². The maximum atomic E-state index is 12.4. The number of likely N-dealkylation sites (tertiary alicyclic amines) is 1. The molecule has 0 bridgehead atoms. The Morgan fingerprint density at radius 3 is 2.38 bits per heavy atom. The molecule has 0 saturated carbocycles. The van der Waals surface area contributed by atoms with Crippen molar-refractivity contribution in [2.24, 2.45) is 11.7 Å². The number of carbonyl (C=O) groups is 2. The minimum Gasteiger partial charge on any atom is -0.497 e. The van der Waals surface area contributed by atoms with Gasteiger partial charge in [-0.05, 0) is 31.2 Å². The number of methoxy groups -OCH3 is 1. The molecule has 3 N–H and O–H groups in total. The lowest BCUT2D eigenvalue weighted by molar-refractivity contribution is -0.150. The zero-order chi connectivity index (χ0) is 15.6. The van der Waals surface area contributed by atoms with Crippen molar-refractivity contribution in [3.05, 3.63) is 29.8 Å². The van der Waals surface area contributed by atoms with E-state index in [0.717, 1.165) is 6.54 Å². The molecule has 21 heavy (non-hydrogen) atoms. The lowest BCUT2D eigenvalue weighted by Gasteiger charge is -2.38. The van der Waals surface area contributed by atoms with Crippen molar-refractivity contribution in [3.8, 4) is 5.75 Å². The quantitative estimate of drug-likeness (QED) is 0.749. The average Bonchev–Trinajstić information content (AvgIpc) is 2.45. The number of hydrogen-bond acceptors (Lipinski definition) is 5. The van der Waals surface area contributed by atoms with Crippen LogP contribution in [0.5, 0.6) is 5.75 Å². The first kappa shape index (κ1) is 15.5. The first-order valence-corrected chi connectivity index (χ1v) is 6.82. The lowest BCUT2D eigenvalue weighted by Crippen LogP contribution is -2.54. The first-order valence-electron chi connectivity index (χ1n) is 6.82. The van der Waals surface area contributed by atoms with Gasteiger partial charge in [-0.2, -0.15) is 0 Å². The molecule has 1 aliphatic rings. The summed E-state index contributed by atoms with van der Waals surface area (Å²) in [5, 5.41) is 9.39. The zero-order valence-corrected chi connectivity index (χ0v) is 12.2. The molecule has 114 valence electrons. The Bertz CT molecular complexity index is 529. The molecular formula is C15H20N2O4. The maximum absolute atomic E-state index is 12.4. The SMILES string of the molecule is COc1ccc([C@H](N)C(C(=O)O)C(=O)[C@H]2CCN2C)cc1. The Balaban J connectivity index is 2.20. The van der Waals surface area contributed by atoms with Gasteiger partial charge in [-0.25, -0.2) is 0 Å². The molecule has 1 aromatic rings. The van der Waals surface area contributed by atoms with Crippen LogP contribution < -0.4 is 10.5 Å². The number of aliphatic carboxylic acids is 1. The predicted octanol–water partition coefficient (Wildman–Crippen LogP) is 0.669. The van der Waals surface area contributed by atoms with Gasteiger partial charge in [0.2, 0.25) is 0 Å². The molecule has 1 aromatic carbocycles. The van der Waals surface area contributed by atoms with Gasteiger partial charge in [0.15, 0.2) is 5.78 Å². The minimum absolute atomic E-state index is 0.320. The number of benzene rings is 1. The Morgan fingerprint density at radius 1 is 1.38 bits per heavy atom. The number of ketones is 1. The molecule has 1 saturated heterocycles. The predicted molar refractivity (Wildman–Crippen MR) is 77.1 cm³/mol. The van der Waals surface area contributed by atoms with Crippen LogP contribution in [0.25, 0.3) is 0 Å². The van der Waals surface area contributed by atoms with Gasteiger partial charge in [0.05, 0.1) is 19.2 Å². The molecule has 6 nitrogen and oxygen atoms in total. The summed E-state index contributed by atoms with van der Waals surface area (Å²) in [6.45, 7) is 0.806. The van der Waals surface area contributed by atoms with Gasteiger partial charge in [-0.3, -0.25) is 14.5 Å². The molecule has 3 atom stereocenters. The number of carbonyl (C=O) groups excluding carboxylic acids is 1. The van der Waals surface area contributed by atoms with Crippen molar-refractivity contribution in [3.63, 3.8) is 0 Å². The van der Waals surface area contributed by atoms with E-state index in [0.29, 0.717) is 17.7 Å². The van der Waals surface area contributed by atoms with E-state index in [1.54, 1.807) is 31.4 Å². The van der Waals surface area contributed by atoms with Crippen LogP contribution in [0.15, 0.2) is 24.3 Å². The third-order valence-electron chi connectivity index (χ3n) is 4.05. The Morgan fingerprint density at radius 2 is 2.00 bits per heavy atom. The van der Waals surface area contributed by atoms with Gasteiger partial charge in [-0.15, -0.1) is 0 Å². The highest BCUT2D eigenvalue weighted by Crippen LogP contribution is 2.28. The number of likely N-dealkylation sites (N-methyl/N-ethyl adjacent to an activating group) is 1. The number of rotatable bonds is 6. The lowest BCUT2D eigenvalue weighted by atomic mass is 9.83. The Hall–Kier alpha value is -1.92. The number of nitrogens with two attached hydrogens (primary N) is 1. The number of ether oxygens (including phenoxy) is 1. The molecule has 0 aliphatic carbocycles. The first-order chi connectivity index (χ1) is 9.95. The van der Waals surface area contributed by atoms with Gasteiger partial charge >= 0.3 is 5.97 Å². The smallest absolute Gasteiger partial charge is 0.316 e. The second-order valence-corrected chi connectivity index (χ2v) is 5.30. The molecule has 1 aliphatic heterocycles. The number of carboxylic acids is 1. The fourth-order valence-corrected chi connectivity index (χ4v) is 2.55. The number of Topliss-reactive ketones (excluding diaryl/α,β-unsaturated/α-hetero) is 1. The van der Waals surface area contributed by atoms with E-state index in [2.05, 4.69) is 0 Å². The van der Waals surface area contributed by atoms with E-state index in [4.69, 9.17) is 10.5 Å². The van der Waals surface area contributed by atoms with E-state index >= 15 is 0 Å². The molecule has 2 rings (SSSR count). The standard InChI is InChI=1S/C15H20N2O4/c1-17-8-7-11(17)14(18)12(15(19)20)13(16)9-3-5-10(21-2)6-4-9/h3-6,11-13H,7-8,16H2,1-2H3,(H,19,20)/t11-,12?,13+/m1/s1. The largest absolute Gasteiger partial charge is 0.497 e. The molecule has 1 heterocycles. The van der Waals surface area contributed by atoms with Crippen LogP contribution in [0.2, 0.25) is 0 Å². The van der Waals surface area contributed by atoms with E-state index < -0.39 is 17.9 Å². The molecule has 0 aromatic heterocycles. The summed E-state index contributed by atoms with van der Waals surface area (Å²) in [5.74, 6) is -2.07. The number of hydrogen-bond donors (Lipinski definition) is 2. The third-order valence-corrected chi connectivity index (χ3v) is 4.05. The Labute approximate surface area is 123 Å². The van der Waals surface area contributed by atoms with Crippen molar-refractivity contribution in [1.29, 1.82) is 0 Å². The van der Waals surface area contributed by atoms with Crippen LogP contribution in [0.4, 0.5) is 0 Å². The maximum Gasteiger partial charge on any atom is 0.316 e. The normalized spacial score (nSPS) is 21.2. The summed E-state index contributed by atoms with van der Waals surface area (Å²) in [7, 11) is 3.36. The van der Waals surface area contributed by atoms with Crippen molar-refractivity contribution in [2.75, 3.05) is 20.7 Å². The van der Waals surface area contributed by atoms with Crippen molar-refractivity contribution in [2.45, 2.75) is 18.5 Å². The molecule has 0 radical (unpaired) electrons. The van der Waals surface area contributed by atoms with Gasteiger partial charge in [0, 0.05) is 6.54 Å². The van der Waals surface area contributed by atoms with Crippen molar-refractivity contribution in [1.82, 2.24) is 4.90 Å². The van der Waals surface area contributed by atoms with Gasteiger partial charge in [0.1, 0.15) is 11.7 Å². The summed E-state index contributed by atoms with van der Waals surface area (Å²) in [4.78, 5) is 25.7. The number of carboxylic acid groups (broad SMARTS) is 1. The minimum atomic E-state index is -1.23. The van der Waals surface area contributed by atoms with Crippen LogP contribution in [-0.4, -0.2) is 48.5 Å². The number of nitrogens with zero attached hydrogens (tertiary/aromatic N) is 1. The van der Waals surface area contributed by atoms with Gasteiger partial charge in [0.25, 0.3) is 0 Å². The van der Waals surface area contributed by atoms with Gasteiger partial charge < -0.3 is 15.6 Å². The van der Waals surface area contributed by atoms with E-state index in [9.17, 15) is 14.7 Å². The third kappa shape index (κ3) is 3.06. The molecule has 1 unspecified atom stereocenters. The average molecular weight is 292 g/mol. The van der Waals surface area contributed by atoms with E-state index in [-0.39, 0.29) is 11.8 Å². The highest BCUT2D eigenvalue weighted by Gasteiger charge is 2.42. The highest BCUT2D eigenvalue weighted by molar-refractivity contribution is 6.02. The summed E-state index contributed by atoms with van der Waals surface area (Å²) in [5.41, 5.74) is 6.64. The summed E-state index contributed by atoms with van der Waals surface area (Å²) >= 11 is 0. The monoisotopic (exact) mass is 292 g/mol. The fourth-order valence-electron chi connectivity index (χ4n) is 2.55. The molecular weight excluding hydrogens is 272 g/mol. The topological polar surface area (TPSA) is 92.9 Å². The molecule has 0 spiro atoms. The summed E-state index contributed by atoms with van der Waals surface area (Å²) < 4.78 is 5.05. The van der Waals surface area contributed by atoms with Crippen LogP contribution in [0.1, 0.15) is 18.0 Å². The zero-order valence-electron chi connectivity index (χ0n) is 12.2. The summed E-state index contributed by atoms with van der Waals surface area (Å²) in [6.07, 6.45) is 0.689. The van der Waals surface area contributed by atoms with Crippen LogP contribution >= 0.6 is 0 Å². The van der Waals surface area contributed by atoms with Crippen LogP contribution in [0.3, 0.4) is 0 Å². The molecule has 1 fully saturated rings. The van der Waals surface area contributed by atoms with E-state index in [1.807, 2.05) is 11.9 Å². The van der Waals surface area contributed by atoms with Crippen molar-refractivity contribution < 1.29 is 19.4 Å². The molecule has 6 heteroatoms. The fraction of sp³-hybridized carbons (Fsp3) is 0.467. The highest BCUT2D eigenvalue weighted by atomic mass is 16.5. The van der Waals surface area contributed by atoms with Crippen molar-refractivity contribution >= 4 is 11.8 Å². The van der Waals surface area contributed by atoms with Crippen LogP contribution in [0, 0.1) is 5.92 Å². The Kier molecular flexibility index (Phi) is 4.59. The molecule has 0 amide bonds. The van der Waals surface area contributed by atoms with Gasteiger partial charge in [-0.1, -0.05) is 12.1 Å². The summed E-state index contributed by atoms with van der Waals surface area (Å²) in [6, 6.07) is 5.58. The second-order valence-electron chi connectivity index (χ2n) is 5.30.